The number of aliphatic hydroxyl groups is 1. The van der Waals surface area contributed by atoms with Crippen molar-refractivity contribution in [2.45, 2.75) is 10.9 Å². The first kappa shape index (κ1) is 15.9. The minimum absolute atomic E-state index is 0.113. The molecule has 2 aromatic rings. The van der Waals surface area contributed by atoms with Crippen LogP contribution in [0.3, 0.4) is 0 Å². The molecule has 0 spiro atoms. The zero-order chi connectivity index (χ0) is 15.1. The Morgan fingerprint density at radius 2 is 1.81 bits per heavy atom. The van der Waals surface area contributed by atoms with Crippen LogP contribution in [0.5, 0.6) is 0 Å². The van der Waals surface area contributed by atoms with Gasteiger partial charge in [-0.2, -0.15) is 0 Å². The van der Waals surface area contributed by atoms with Gasteiger partial charge in [-0.15, -0.1) is 11.8 Å². The van der Waals surface area contributed by atoms with Crippen molar-refractivity contribution in [2.75, 3.05) is 12.4 Å². The lowest BCUT2D eigenvalue weighted by Gasteiger charge is -2.16. The average Bonchev–Trinajstić information content (AvgIpc) is 2.53. The van der Waals surface area contributed by atoms with E-state index in [0.29, 0.717) is 10.8 Å². The van der Waals surface area contributed by atoms with E-state index in [1.807, 2.05) is 42.5 Å². The predicted octanol–water partition coefficient (Wildman–Crippen LogP) is 3.28. The van der Waals surface area contributed by atoms with Crippen LogP contribution in [-0.4, -0.2) is 23.4 Å². The third kappa shape index (κ3) is 5.08. The zero-order valence-electron chi connectivity index (χ0n) is 11.3. The Kier molecular flexibility index (Phi) is 6.11. The van der Waals surface area contributed by atoms with E-state index in [9.17, 15) is 9.90 Å². The minimum atomic E-state index is -0.371. The van der Waals surface area contributed by atoms with Gasteiger partial charge in [-0.05, 0) is 29.8 Å². The molecule has 0 saturated carbocycles. The fraction of sp³-hybridized carbons (Fsp3) is 0.188. The lowest BCUT2D eigenvalue weighted by molar-refractivity contribution is -0.119. The highest BCUT2D eigenvalue weighted by atomic mass is 35.5. The van der Waals surface area contributed by atoms with E-state index in [-0.39, 0.29) is 18.6 Å². The van der Waals surface area contributed by atoms with Gasteiger partial charge in [-0.3, -0.25) is 4.79 Å². The monoisotopic (exact) mass is 321 g/mol. The number of aliphatic hydroxyl groups excluding tert-OH is 1. The molecule has 5 heteroatoms. The van der Waals surface area contributed by atoms with E-state index < -0.39 is 0 Å². The molecule has 0 aliphatic heterocycles. The summed E-state index contributed by atoms with van der Waals surface area (Å²) in [5.41, 5.74) is 0.893. The second-order valence-electron chi connectivity index (χ2n) is 4.46. The Morgan fingerprint density at radius 3 is 2.43 bits per heavy atom. The van der Waals surface area contributed by atoms with Crippen molar-refractivity contribution in [3.05, 3.63) is 65.2 Å². The molecule has 2 N–H and O–H groups in total. The van der Waals surface area contributed by atoms with Gasteiger partial charge in [0, 0.05) is 9.92 Å². The van der Waals surface area contributed by atoms with Crippen molar-refractivity contribution in [3.63, 3.8) is 0 Å². The first-order chi connectivity index (χ1) is 10.2. The van der Waals surface area contributed by atoms with Crippen LogP contribution in [0.25, 0.3) is 0 Å². The van der Waals surface area contributed by atoms with Crippen molar-refractivity contribution in [3.8, 4) is 0 Å². The molecular formula is C16H16ClNO2S. The predicted molar refractivity (Wildman–Crippen MR) is 86.6 cm³/mol. The first-order valence-corrected chi connectivity index (χ1v) is 7.89. The highest BCUT2D eigenvalue weighted by Gasteiger charge is 2.13. The van der Waals surface area contributed by atoms with Gasteiger partial charge in [0.15, 0.2) is 0 Å². The molecule has 2 aromatic carbocycles. The Labute approximate surface area is 133 Å². The number of benzene rings is 2. The van der Waals surface area contributed by atoms with Crippen LogP contribution in [0, 0.1) is 0 Å². The third-order valence-electron chi connectivity index (χ3n) is 2.90. The number of carbonyl (C=O) groups excluding carboxylic acids is 1. The van der Waals surface area contributed by atoms with Gasteiger partial charge in [-0.1, -0.05) is 41.9 Å². The molecule has 2 rings (SSSR count). The van der Waals surface area contributed by atoms with Crippen LogP contribution in [0.4, 0.5) is 0 Å². The first-order valence-electron chi connectivity index (χ1n) is 6.52. The van der Waals surface area contributed by atoms with Gasteiger partial charge in [0.25, 0.3) is 0 Å². The molecule has 0 saturated heterocycles. The molecule has 0 bridgehead atoms. The maximum absolute atomic E-state index is 12.0. The number of thioether (sulfide) groups is 1. The summed E-state index contributed by atoms with van der Waals surface area (Å²) in [5, 5.41) is 12.9. The molecule has 21 heavy (non-hydrogen) atoms. The average molecular weight is 322 g/mol. The molecule has 0 aliphatic carbocycles. The van der Waals surface area contributed by atoms with Gasteiger partial charge in [-0.25, -0.2) is 0 Å². The largest absolute Gasteiger partial charge is 0.394 e. The van der Waals surface area contributed by atoms with Gasteiger partial charge >= 0.3 is 0 Å². The van der Waals surface area contributed by atoms with Crippen LogP contribution in [0.15, 0.2) is 59.5 Å². The van der Waals surface area contributed by atoms with Gasteiger partial charge < -0.3 is 10.4 Å². The van der Waals surface area contributed by atoms with E-state index in [2.05, 4.69) is 5.32 Å². The normalized spacial score (nSPS) is 11.9. The number of halogens is 1. The van der Waals surface area contributed by atoms with Gasteiger partial charge in [0.1, 0.15) is 0 Å². The Hall–Kier alpha value is -1.49. The number of rotatable bonds is 6. The van der Waals surface area contributed by atoms with Crippen molar-refractivity contribution >= 4 is 29.3 Å². The highest BCUT2D eigenvalue weighted by molar-refractivity contribution is 8.00. The van der Waals surface area contributed by atoms with E-state index in [4.69, 9.17) is 11.6 Å². The maximum Gasteiger partial charge on any atom is 0.230 e. The fourth-order valence-corrected chi connectivity index (χ4v) is 2.67. The topological polar surface area (TPSA) is 49.3 Å². The summed E-state index contributed by atoms with van der Waals surface area (Å²) in [6.07, 6.45) is 0. The zero-order valence-corrected chi connectivity index (χ0v) is 12.9. The Morgan fingerprint density at radius 1 is 1.14 bits per heavy atom. The number of hydrogen-bond acceptors (Lipinski definition) is 3. The second-order valence-corrected chi connectivity index (χ2v) is 5.94. The molecule has 0 heterocycles. The number of amides is 1. The summed E-state index contributed by atoms with van der Waals surface area (Å²) in [5.74, 6) is 0.183. The van der Waals surface area contributed by atoms with Gasteiger partial charge in [0.2, 0.25) is 5.91 Å². The summed E-state index contributed by atoms with van der Waals surface area (Å²) in [7, 11) is 0. The Bertz CT molecular complexity index is 575. The van der Waals surface area contributed by atoms with Crippen molar-refractivity contribution in [2.24, 2.45) is 0 Å². The smallest absolute Gasteiger partial charge is 0.230 e. The molecule has 1 amide bonds. The van der Waals surface area contributed by atoms with E-state index >= 15 is 0 Å². The third-order valence-corrected chi connectivity index (χ3v) is 4.17. The van der Waals surface area contributed by atoms with Crippen LogP contribution >= 0.6 is 23.4 Å². The van der Waals surface area contributed by atoms with Crippen LogP contribution in [-0.2, 0) is 4.79 Å². The van der Waals surface area contributed by atoms with E-state index in [0.717, 1.165) is 10.5 Å². The van der Waals surface area contributed by atoms with E-state index in [1.54, 1.807) is 12.1 Å². The molecule has 0 aromatic heterocycles. The fourth-order valence-electron chi connectivity index (χ4n) is 1.84. The molecule has 0 fully saturated rings. The summed E-state index contributed by atoms with van der Waals surface area (Å²) in [6.45, 7) is -0.124. The molecule has 0 aliphatic rings. The van der Waals surface area contributed by atoms with Crippen molar-refractivity contribution in [1.82, 2.24) is 5.32 Å². The number of nitrogens with one attached hydrogen (secondary N) is 1. The quantitative estimate of drug-likeness (QED) is 0.803. The number of carbonyl (C=O) groups is 1. The molecule has 110 valence electrons. The number of hydrogen-bond donors (Lipinski definition) is 2. The molecule has 0 unspecified atom stereocenters. The molecular weight excluding hydrogens is 306 g/mol. The van der Waals surface area contributed by atoms with Crippen LogP contribution in [0.1, 0.15) is 11.6 Å². The Balaban J connectivity index is 1.87. The van der Waals surface area contributed by atoms with Crippen LogP contribution < -0.4 is 5.32 Å². The SMILES string of the molecule is O=C(CSc1ccc(Cl)cc1)N[C@H](CO)c1ccccc1. The highest BCUT2D eigenvalue weighted by Crippen LogP contribution is 2.20. The summed E-state index contributed by atoms with van der Waals surface area (Å²) in [4.78, 5) is 12.9. The standard InChI is InChI=1S/C16H16ClNO2S/c17-13-6-8-14(9-7-13)21-11-16(20)18-15(10-19)12-4-2-1-3-5-12/h1-9,15,19H,10-11H2,(H,18,20)/t15-/m1/s1. The van der Waals surface area contributed by atoms with Crippen molar-refractivity contribution in [1.29, 1.82) is 0 Å². The summed E-state index contributed by atoms with van der Waals surface area (Å²) in [6, 6.07) is 16.4. The van der Waals surface area contributed by atoms with Crippen LogP contribution in [0.2, 0.25) is 5.02 Å². The van der Waals surface area contributed by atoms with Crippen molar-refractivity contribution < 1.29 is 9.90 Å². The maximum atomic E-state index is 12.0. The lowest BCUT2D eigenvalue weighted by Crippen LogP contribution is -2.32. The second kappa shape index (κ2) is 8.08. The minimum Gasteiger partial charge on any atom is -0.394 e. The summed E-state index contributed by atoms with van der Waals surface area (Å²) >= 11 is 7.25. The lowest BCUT2D eigenvalue weighted by atomic mass is 10.1. The van der Waals surface area contributed by atoms with Gasteiger partial charge in [0.05, 0.1) is 18.4 Å². The van der Waals surface area contributed by atoms with E-state index in [1.165, 1.54) is 11.8 Å². The molecule has 0 radical (unpaired) electrons. The molecule has 3 nitrogen and oxygen atoms in total. The summed E-state index contributed by atoms with van der Waals surface area (Å²) < 4.78 is 0. The molecule has 1 atom stereocenters.